The number of carbonyl (C=O) groups is 1. The summed E-state index contributed by atoms with van der Waals surface area (Å²) in [4.78, 5) is 19.2. The molecule has 0 aliphatic heterocycles. The van der Waals surface area contributed by atoms with Crippen molar-refractivity contribution in [3.8, 4) is 0 Å². The third kappa shape index (κ3) is 3.42. The molecule has 0 aliphatic carbocycles. The lowest BCUT2D eigenvalue weighted by Gasteiger charge is -2.10. The normalized spacial score (nSPS) is 10.2. The van der Waals surface area contributed by atoms with E-state index in [9.17, 15) is 4.79 Å². The Morgan fingerprint density at radius 2 is 2.16 bits per heavy atom. The number of carbonyl (C=O) groups excluding carboxylic acids is 1. The number of anilines is 1. The average Bonchev–Trinajstić information content (AvgIpc) is 2.40. The Bertz CT molecular complexity index is 620. The van der Waals surface area contributed by atoms with Crippen LogP contribution < -0.4 is 11.1 Å². The quantitative estimate of drug-likeness (QED) is 0.838. The smallest absolute Gasteiger partial charge is 0.249 e. The van der Waals surface area contributed by atoms with Gasteiger partial charge in [-0.05, 0) is 39.2 Å². The Morgan fingerprint density at radius 1 is 1.42 bits per heavy atom. The topological polar surface area (TPSA) is 80.9 Å². The number of halogens is 2. The van der Waals surface area contributed by atoms with Gasteiger partial charge in [0.05, 0.1) is 4.47 Å². The number of nitrogens with two attached hydrogens (primary N) is 1. The highest BCUT2D eigenvalue weighted by Gasteiger charge is 2.08. The van der Waals surface area contributed by atoms with E-state index in [0.717, 1.165) is 5.56 Å². The number of hydrogen-bond acceptors (Lipinski definition) is 4. The molecule has 0 aliphatic rings. The van der Waals surface area contributed by atoms with E-state index in [1.54, 1.807) is 18.3 Å². The molecule has 1 aromatic carbocycles. The largest absolute Gasteiger partial charge is 0.366 e. The van der Waals surface area contributed by atoms with E-state index in [-0.39, 0.29) is 5.28 Å². The predicted molar refractivity (Wildman–Crippen MR) is 77.0 cm³/mol. The zero-order valence-corrected chi connectivity index (χ0v) is 12.1. The van der Waals surface area contributed by atoms with Gasteiger partial charge in [-0.2, -0.15) is 4.98 Å². The van der Waals surface area contributed by atoms with E-state index in [1.807, 2.05) is 12.1 Å². The number of primary amides is 1. The van der Waals surface area contributed by atoms with Crippen LogP contribution in [0.4, 0.5) is 5.82 Å². The number of aromatic nitrogens is 2. The van der Waals surface area contributed by atoms with E-state index in [1.165, 1.54) is 0 Å². The first kappa shape index (κ1) is 13.8. The van der Waals surface area contributed by atoms with Crippen LogP contribution in [-0.2, 0) is 6.54 Å². The van der Waals surface area contributed by atoms with Crippen molar-refractivity contribution in [2.24, 2.45) is 5.73 Å². The molecule has 3 N–H and O–H groups in total. The highest BCUT2D eigenvalue weighted by Crippen LogP contribution is 2.21. The van der Waals surface area contributed by atoms with Gasteiger partial charge >= 0.3 is 0 Å². The highest BCUT2D eigenvalue weighted by molar-refractivity contribution is 9.10. The van der Waals surface area contributed by atoms with Crippen LogP contribution in [0.2, 0.25) is 5.28 Å². The van der Waals surface area contributed by atoms with Crippen LogP contribution in [0.1, 0.15) is 15.9 Å². The molecule has 0 bridgehead atoms. The van der Waals surface area contributed by atoms with E-state index in [4.69, 9.17) is 17.3 Å². The third-order valence-corrected chi connectivity index (χ3v) is 3.21. The number of hydrogen-bond donors (Lipinski definition) is 2. The molecule has 0 fully saturated rings. The van der Waals surface area contributed by atoms with Crippen molar-refractivity contribution in [3.05, 3.63) is 51.3 Å². The van der Waals surface area contributed by atoms with Crippen molar-refractivity contribution in [1.29, 1.82) is 0 Å². The van der Waals surface area contributed by atoms with Gasteiger partial charge in [-0.3, -0.25) is 4.79 Å². The van der Waals surface area contributed by atoms with Crippen LogP contribution in [0.3, 0.4) is 0 Å². The summed E-state index contributed by atoms with van der Waals surface area (Å²) < 4.78 is 0.688. The second-order valence-electron chi connectivity index (χ2n) is 3.71. The zero-order valence-electron chi connectivity index (χ0n) is 9.73. The minimum Gasteiger partial charge on any atom is -0.366 e. The molecule has 0 atom stereocenters. The molecule has 7 heteroatoms. The number of nitrogens with one attached hydrogen (secondary N) is 1. The van der Waals surface area contributed by atoms with Crippen LogP contribution in [0.5, 0.6) is 0 Å². The van der Waals surface area contributed by atoms with Crippen molar-refractivity contribution < 1.29 is 4.79 Å². The first-order chi connectivity index (χ1) is 9.08. The SMILES string of the molecule is NC(=O)c1ccccc1CNc1nc(Cl)ncc1Br. The average molecular weight is 342 g/mol. The van der Waals surface area contributed by atoms with Crippen molar-refractivity contribution >= 4 is 39.3 Å². The molecule has 0 unspecified atom stereocenters. The maximum atomic E-state index is 11.3. The van der Waals surface area contributed by atoms with Crippen molar-refractivity contribution in [2.75, 3.05) is 5.32 Å². The Kier molecular flexibility index (Phi) is 4.34. The Hall–Kier alpha value is -1.66. The summed E-state index contributed by atoms with van der Waals surface area (Å²) in [6.45, 7) is 0.408. The molecular weight excluding hydrogens is 332 g/mol. The van der Waals surface area contributed by atoms with Crippen LogP contribution in [0.15, 0.2) is 34.9 Å². The van der Waals surface area contributed by atoms with E-state index < -0.39 is 5.91 Å². The van der Waals surface area contributed by atoms with Gasteiger partial charge < -0.3 is 11.1 Å². The lowest BCUT2D eigenvalue weighted by molar-refractivity contribution is 0.0999. The summed E-state index contributed by atoms with van der Waals surface area (Å²) in [6.07, 6.45) is 1.55. The van der Waals surface area contributed by atoms with Gasteiger partial charge in [-0.15, -0.1) is 0 Å². The van der Waals surface area contributed by atoms with Gasteiger partial charge in [-0.25, -0.2) is 4.98 Å². The maximum Gasteiger partial charge on any atom is 0.249 e. The van der Waals surface area contributed by atoms with Gasteiger partial charge in [0.25, 0.3) is 0 Å². The molecule has 0 spiro atoms. The molecule has 98 valence electrons. The van der Waals surface area contributed by atoms with Crippen LogP contribution in [0, 0.1) is 0 Å². The fourth-order valence-electron chi connectivity index (χ4n) is 1.56. The van der Waals surface area contributed by atoms with Crippen molar-refractivity contribution in [3.63, 3.8) is 0 Å². The summed E-state index contributed by atoms with van der Waals surface area (Å²) in [5.41, 5.74) is 6.58. The van der Waals surface area contributed by atoms with Crippen LogP contribution >= 0.6 is 27.5 Å². The molecule has 1 aromatic heterocycles. The molecular formula is C12H10BrClN4O. The molecule has 19 heavy (non-hydrogen) atoms. The summed E-state index contributed by atoms with van der Waals surface area (Å²) in [6, 6.07) is 7.11. The summed E-state index contributed by atoms with van der Waals surface area (Å²) in [5, 5.41) is 3.22. The van der Waals surface area contributed by atoms with Gasteiger partial charge in [0, 0.05) is 18.3 Å². The lowest BCUT2D eigenvalue weighted by Crippen LogP contribution is -2.15. The van der Waals surface area contributed by atoms with Crippen LogP contribution in [-0.4, -0.2) is 15.9 Å². The van der Waals surface area contributed by atoms with Gasteiger partial charge in [0.15, 0.2) is 0 Å². The van der Waals surface area contributed by atoms with Gasteiger partial charge in [-0.1, -0.05) is 18.2 Å². The van der Waals surface area contributed by atoms with E-state index >= 15 is 0 Å². The van der Waals surface area contributed by atoms with Crippen molar-refractivity contribution in [1.82, 2.24) is 9.97 Å². The van der Waals surface area contributed by atoms with Gasteiger partial charge in [0.1, 0.15) is 5.82 Å². The van der Waals surface area contributed by atoms with E-state index in [2.05, 4.69) is 31.2 Å². The zero-order chi connectivity index (χ0) is 13.8. The fourth-order valence-corrected chi connectivity index (χ4v) is 2.03. The molecule has 0 saturated heterocycles. The molecule has 1 heterocycles. The molecule has 1 amide bonds. The number of rotatable bonds is 4. The first-order valence-corrected chi connectivity index (χ1v) is 6.54. The number of benzene rings is 1. The minimum atomic E-state index is -0.461. The highest BCUT2D eigenvalue weighted by atomic mass is 79.9. The summed E-state index contributed by atoms with van der Waals surface area (Å²) in [5.74, 6) is 0.0939. The molecule has 5 nitrogen and oxygen atoms in total. The van der Waals surface area contributed by atoms with Gasteiger partial charge in [0.2, 0.25) is 11.2 Å². The Labute approximate surface area is 123 Å². The number of nitrogens with zero attached hydrogens (tertiary/aromatic N) is 2. The fraction of sp³-hybridized carbons (Fsp3) is 0.0833. The number of amides is 1. The van der Waals surface area contributed by atoms with Crippen LogP contribution in [0.25, 0.3) is 0 Å². The standard InChI is InChI=1S/C12H10BrClN4O/c13-9-6-17-12(14)18-11(9)16-5-7-3-1-2-4-8(7)10(15)19/h1-4,6H,5H2,(H2,15,19)(H,16,17,18). The molecule has 0 saturated carbocycles. The molecule has 0 radical (unpaired) electrons. The maximum absolute atomic E-state index is 11.3. The molecule has 2 aromatic rings. The second-order valence-corrected chi connectivity index (χ2v) is 4.90. The summed E-state index contributed by atoms with van der Waals surface area (Å²) >= 11 is 9.04. The minimum absolute atomic E-state index is 0.147. The molecule has 2 rings (SSSR count). The second kappa shape index (κ2) is 5.99. The van der Waals surface area contributed by atoms with Crippen molar-refractivity contribution in [2.45, 2.75) is 6.54 Å². The first-order valence-electron chi connectivity index (χ1n) is 5.37. The Morgan fingerprint density at radius 3 is 2.89 bits per heavy atom. The summed E-state index contributed by atoms with van der Waals surface area (Å²) in [7, 11) is 0. The monoisotopic (exact) mass is 340 g/mol. The lowest BCUT2D eigenvalue weighted by atomic mass is 10.1. The predicted octanol–water partition coefficient (Wildman–Crippen LogP) is 2.60. The Balaban J connectivity index is 2.19. The van der Waals surface area contributed by atoms with E-state index in [0.29, 0.717) is 22.4 Å². The third-order valence-electron chi connectivity index (χ3n) is 2.44.